The highest BCUT2D eigenvalue weighted by Gasteiger charge is 2.01. The van der Waals surface area contributed by atoms with E-state index in [2.05, 4.69) is 9.97 Å². The van der Waals surface area contributed by atoms with E-state index in [1.54, 1.807) is 6.07 Å². The van der Waals surface area contributed by atoms with Crippen molar-refractivity contribution in [1.82, 2.24) is 9.97 Å². The molecule has 64 valence electrons. The monoisotopic (exact) mass is 173 g/mol. The predicted octanol–water partition coefficient (Wildman–Crippen LogP) is 1.33. The average Bonchev–Trinajstić information content (AvgIpc) is 2.46. The highest BCUT2D eigenvalue weighted by atomic mass is 16.3. The van der Waals surface area contributed by atoms with Crippen molar-refractivity contribution in [3.8, 4) is 11.8 Å². The molecule has 0 spiro atoms. The number of H-pyrrole nitrogens is 1. The van der Waals surface area contributed by atoms with Crippen LogP contribution in [0.2, 0.25) is 0 Å². The quantitative estimate of drug-likeness (QED) is 0.683. The fourth-order valence-corrected chi connectivity index (χ4v) is 1.24. The summed E-state index contributed by atoms with van der Waals surface area (Å²) >= 11 is 0. The maximum Gasteiger partial charge on any atom is 0.137 e. The van der Waals surface area contributed by atoms with Gasteiger partial charge in [0.15, 0.2) is 0 Å². The van der Waals surface area contributed by atoms with Crippen molar-refractivity contribution in [2.45, 2.75) is 6.42 Å². The predicted molar refractivity (Wildman–Crippen MR) is 47.1 cm³/mol. The Morgan fingerprint density at radius 2 is 2.38 bits per heavy atom. The Morgan fingerprint density at radius 3 is 3.15 bits per heavy atom. The summed E-state index contributed by atoms with van der Waals surface area (Å²) in [6, 6.07) is 5.46. The molecule has 4 heteroatoms. The first-order valence-corrected chi connectivity index (χ1v) is 3.83. The van der Waals surface area contributed by atoms with Crippen molar-refractivity contribution in [2.24, 2.45) is 0 Å². The van der Waals surface area contributed by atoms with Crippen LogP contribution < -0.4 is 0 Å². The SMILES string of the molecule is N#CCc1cc2cc(O)cnc2[nH]1. The summed E-state index contributed by atoms with van der Waals surface area (Å²) in [6.45, 7) is 0. The van der Waals surface area contributed by atoms with Crippen molar-refractivity contribution in [2.75, 3.05) is 0 Å². The summed E-state index contributed by atoms with van der Waals surface area (Å²) < 4.78 is 0. The summed E-state index contributed by atoms with van der Waals surface area (Å²) in [5.74, 6) is 0.134. The maximum atomic E-state index is 9.13. The van der Waals surface area contributed by atoms with Crippen LogP contribution in [0, 0.1) is 11.3 Å². The fourth-order valence-electron chi connectivity index (χ4n) is 1.24. The molecular weight excluding hydrogens is 166 g/mol. The van der Waals surface area contributed by atoms with E-state index in [9.17, 15) is 0 Å². The Morgan fingerprint density at radius 1 is 1.54 bits per heavy atom. The van der Waals surface area contributed by atoms with Crippen LogP contribution in [0.1, 0.15) is 5.69 Å². The summed E-state index contributed by atoms with van der Waals surface area (Å²) in [6.07, 6.45) is 1.70. The standard InChI is InChI=1S/C9H7N3O/c10-2-1-7-3-6-4-8(13)5-11-9(6)12-7/h3-5,13H,1H2,(H,11,12). The number of aromatic amines is 1. The molecule has 2 aromatic rings. The van der Waals surface area contributed by atoms with Gasteiger partial charge in [0.25, 0.3) is 0 Å². The van der Waals surface area contributed by atoms with Crippen molar-refractivity contribution in [3.05, 3.63) is 24.0 Å². The molecule has 0 atom stereocenters. The number of nitrogens with zero attached hydrogens (tertiary/aromatic N) is 2. The lowest BCUT2D eigenvalue weighted by atomic mass is 10.3. The highest BCUT2D eigenvalue weighted by Crippen LogP contribution is 2.17. The number of nitrogens with one attached hydrogen (secondary N) is 1. The van der Waals surface area contributed by atoms with E-state index < -0.39 is 0 Å². The van der Waals surface area contributed by atoms with Gasteiger partial charge in [0.1, 0.15) is 11.4 Å². The van der Waals surface area contributed by atoms with Gasteiger partial charge < -0.3 is 10.1 Å². The first-order valence-electron chi connectivity index (χ1n) is 3.83. The van der Waals surface area contributed by atoms with Crippen LogP contribution in [0.4, 0.5) is 0 Å². The Labute approximate surface area is 74.5 Å². The Hall–Kier alpha value is -2.02. The molecule has 0 aromatic carbocycles. The maximum absolute atomic E-state index is 9.13. The topological polar surface area (TPSA) is 72.7 Å². The molecule has 13 heavy (non-hydrogen) atoms. The molecule has 0 fully saturated rings. The summed E-state index contributed by atoms with van der Waals surface area (Å²) in [7, 11) is 0. The van der Waals surface area contributed by atoms with Gasteiger partial charge in [0.2, 0.25) is 0 Å². The fraction of sp³-hybridized carbons (Fsp3) is 0.111. The summed E-state index contributed by atoms with van der Waals surface area (Å²) in [4.78, 5) is 6.95. The normalized spacial score (nSPS) is 10.1. The summed E-state index contributed by atoms with van der Waals surface area (Å²) in [5.41, 5.74) is 1.51. The van der Waals surface area contributed by atoms with E-state index in [4.69, 9.17) is 10.4 Å². The first-order chi connectivity index (χ1) is 6.29. The summed E-state index contributed by atoms with van der Waals surface area (Å²) in [5, 5.41) is 18.4. The molecular formula is C9H7N3O. The number of nitriles is 1. The van der Waals surface area contributed by atoms with Crippen LogP contribution >= 0.6 is 0 Å². The van der Waals surface area contributed by atoms with Crippen LogP contribution in [0.25, 0.3) is 11.0 Å². The molecule has 4 nitrogen and oxygen atoms in total. The van der Waals surface area contributed by atoms with Gasteiger partial charge in [-0.05, 0) is 12.1 Å². The van der Waals surface area contributed by atoms with Crippen LogP contribution in [0.5, 0.6) is 5.75 Å². The lowest BCUT2D eigenvalue weighted by molar-refractivity contribution is 0.474. The minimum absolute atomic E-state index is 0.134. The van der Waals surface area contributed by atoms with Crippen LogP contribution in [0.15, 0.2) is 18.3 Å². The van der Waals surface area contributed by atoms with Gasteiger partial charge in [0, 0.05) is 11.1 Å². The van der Waals surface area contributed by atoms with Gasteiger partial charge in [-0.3, -0.25) is 0 Å². The molecule has 0 bridgehead atoms. The van der Waals surface area contributed by atoms with Gasteiger partial charge in [-0.2, -0.15) is 5.26 Å². The lowest BCUT2D eigenvalue weighted by Crippen LogP contribution is -1.79. The number of pyridine rings is 1. The minimum Gasteiger partial charge on any atom is -0.506 e. The van der Waals surface area contributed by atoms with Gasteiger partial charge in [0.05, 0.1) is 18.7 Å². The van der Waals surface area contributed by atoms with Gasteiger partial charge in [-0.15, -0.1) is 0 Å². The van der Waals surface area contributed by atoms with E-state index in [0.717, 1.165) is 11.1 Å². The second-order valence-corrected chi connectivity index (χ2v) is 2.76. The molecule has 2 rings (SSSR count). The molecule has 0 radical (unpaired) electrons. The van der Waals surface area contributed by atoms with E-state index >= 15 is 0 Å². The third-order valence-corrected chi connectivity index (χ3v) is 1.78. The smallest absolute Gasteiger partial charge is 0.137 e. The van der Waals surface area contributed by atoms with Crippen molar-refractivity contribution < 1.29 is 5.11 Å². The van der Waals surface area contributed by atoms with Crippen LogP contribution in [0.3, 0.4) is 0 Å². The largest absolute Gasteiger partial charge is 0.506 e. The van der Waals surface area contributed by atoms with Gasteiger partial charge >= 0.3 is 0 Å². The van der Waals surface area contributed by atoms with Crippen molar-refractivity contribution in [3.63, 3.8) is 0 Å². The number of fused-ring (bicyclic) bond motifs is 1. The lowest BCUT2D eigenvalue weighted by Gasteiger charge is -1.89. The molecule has 2 aromatic heterocycles. The highest BCUT2D eigenvalue weighted by molar-refractivity contribution is 5.77. The Bertz CT molecular complexity index is 481. The van der Waals surface area contributed by atoms with Crippen LogP contribution in [-0.2, 0) is 6.42 Å². The van der Waals surface area contributed by atoms with Crippen LogP contribution in [-0.4, -0.2) is 15.1 Å². The Balaban J connectivity index is 2.57. The van der Waals surface area contributed by atoms with Gasteiger partial charge in [-0.1, -0.05) is 0 Å². The number of aromatic hydroxyl groups is 1. The number of rotatable bonds is 1. The van der Waals surface area contributed by atoms with E-state index in [1.165, 1.54) is 6.20 Å². The molecule has 0 saturated carbocycles. The third kappa shape index (κ3) is 1.32. The molecule has 0 saturated heterocycles. The molecule has 0 aliphatic rings. The molecule has 0 amide bonds. The zero-order chi connectivity index (χ0) is 9.26. The van der Waals surface area contributed by atoms with Crippen molar-refractivity contribution in [1.29, 1.82) is 5.26 Å². The minimum atomic E-state index is 0.134. The molecule has 0 unspecified atom stereocenters. The zero-order valence-corrected chi connectivity index (χ0v) is 6.78. The Kier molecular flexibility index (Phi) is 1.64. The first kappa shape index (κ1) is 7.62. The molecule has 2 heterocycles. The van der Waals surface area contributed by atoms with E-state index in [0.29, 0.717) is 12.1 Å². The van der Waals surface area contributed by atoms with Crippen molar-refractivity contribution >= 4 is 11.0 Å². The molecule has 0 aliphatic carbocycles. The van der Waals surface area contributed by atoms with E-state index in [-0.39, 0.29) is 5.75 Å². The average molecular weight is 173 g/mol. The number of aromatic nitrogens is 2. The molecule has 0 aliphatic heterocycles. The van der Waals surface area contributed by atoms with E-state index in [1.807, 2.05) is 12.1 Å². The molecule has 2 N–H and O–H groups in total. The van der Waals surface area contributed by atoms with Gasteiger partial charge in [-0.25, -0.2) is 4.98 Å². The second-order valence-electron chi connectivity index (χ2n) is 2.76. The zero-order valence-electron chi connectivity index (χ0n) is 6.78. The number of hydrogen-bond acceptors (Lipinski definition) is 3. The second kappa shape index (κ2) is 2.79. The third-order valence-electron chi connectivity index (χ3n) is 1.78. The number of hydrogen-bond donors (Lipinski definition) is 2.